The van der Waals surface area contributed by atoms with E-state index in [9.17, 15) is 4.79 Å². The number of hydrogen-bond donors (Lipinski definition) is 0. The fourth-order valence-corrected chi connectivity index (χ4v) is 2.92. The second-order valence-corrected chi connectivity index (χ2v) is 6.13. The molecule has 4 rings (SSSR count). The lowest BCUT2D eigenvalue weighted by Gasteiger charge is -2.18. The Labute approximate surface area is 152 Å². The summed E-state index contributed by atoms with van der Waals surface area (Å²) in [6.07, 6.45) is 1.87. The van der Waals surface area contributed by atoms with Gasteiger partial charge in [0.25, 0.3) is 0 Å². The van der Waals surface area contributed by atoms with Crippen LogP contribution in [0.4, 0.5) is 0 Å². The first kappa shape index (κ1) is 16.2. The van der Waals surface area contributed by atoms with Crippen LogP contribution in [0.2, 0.25) is 0 Å². The van der Waals surface area contributed by atoms with Gasteiger partial charge in [-0.3, -0.25) is 4.79 Å². The number of Topliss-reactive ketones (excluding diaryl/α,β-unsaturated/α-hetero) is 1. The van der Waals surface area contributed by atoms with Crippen molar-refractivity contribution in [2.24, 2.45) is 0 Å². The van der Waals surface area contributed by atoms with Crippen molar-refractivity contribution >= 4 is 11.9 Å². The van der Waals surface area contributed by atoms with E-state index in [0.717, 1.165) is 16.9 Å². The minimum absolute atomic E-state index is 0.0162. The van der Waals surface area contributed by atoms with Gasteiger partial charge in [0.2, 0.25) is 0 Å². The van der Waals surface area contributed by atoms with Gasteiger partial charge >= 0.3 is 0 Å². The van der Waals surface area contributed by atoms with E-state index in [4.69, 9.17) is 9.47 Å². The van der Waals surface area contributed by atoms with Crippen molar-refractivity contribution in [3.8, 4) is 11.5 Å². The summed E-state index contributed by atoms with van der Waals surface area (Å²) in [5.74, 6) is 1.44. The molecular weight excluding hydrogens is 324 g/mol. The zero-order valence-corrected chi connectivity index (χ0v) is 14.2. The monoisotopic (exact) mass is 342 g/mol. The van der Waals surface area contributed by atoms with Crippen LogP contribution < -0.4 is 9.47 Å². The maximum atomic E-state index is 12.6. The Kier molecular flexibility index (Phi) is 4.52. The van der Waals surface area contributed by atoms with Gasteiger partial charge in [0, 0.05) is 5.57 Å². The molecule has 128 valence electrons. The highest BCUT2D eigenvalue weighted by atomic mass is 16.5. The molecule has 0 unspecified atom stereocenters. The molecule has 0 amide bonds. The van der Waals surface area contributed by atoms with Crippen LogP contribution in [0.15, 0.2) is 84.4 Å². The Morgan fingerprint density at radius 3 is 2.62 bits per heavy atom. The van der Waals surface area contributed by atoms with Crippen molar-refractivity contribution in [1.29, 1.82) is 0 Å². The van der Waals surface area contributed by atoms with Crippen LogP contribution in [0.1, 0.15) is 21.5 Å². The molecule has 0 N–H and O–H groups in total. The average Bonchev–Trinajstić information content (AvgIpc) is 2.70. The maximum absolute atomic E-state index is 12.6. The third-order valence-corrected chi connectivity index (χ3v) is 4.25. The molecule has 1 aliphatic heterocycles. The number of ketones is 1. The molecule has 3 heteroatoms. The van der Waals surface area contributed by atoms with Gasteiger partial charge in [0.1, 0.15) is 24.7 Å². The van der Waals surface area contributed by atoms with Crippen molar-refractivity contribution in [2.75, 3.05) is 6.61 Å². The molecule has 3 aromatic carbocycles. The van der Waals surface area contributed by atoms with Crippen molar-refractivity contribution in [3.05, 3.63) is 101 Å². The van der Waals surface area contributed by atoms with E-state index in [1.807, 2.05) is 78.9 Å². The number of fused-ring (bicyclic) bond motifs is 1. The van der Waals surface area contributed by atoms with Crippen LogP contribution >= 0.6 is 0 Å². The predicted octanol–water partition coefficient (Wildman–Crippen LogP) is 4.92. The van der Waals surface area contributed by atoms with Crippen LogP contribution in [0.5, 0.6) is 11.5 Å². The summed E-state index contributed by atoms with van der Waals surface area (Å²) in [5.41, 5.74) is 3.29. The average molecular weight is 342 g/mol. The Bertz CT molecular complexity index is 958. The van der Waals surface area contributed by atoms with E-state index in [0.29, 0.717) is 23.5 Å². The first-order chi connectivity index (χ1) is 12.8. The van der Waals surface area contributed by atoms with Gasteiger partial charge in [-0.05, 0) is 41.5 Å². The van der Waals surface area contributed by atoms with Gasteiger partial charge in [-0.1, -0.05) is 54.6 Å². The molecule has 3 nitrogen and oxygen atoms in total. The first-order valence-corrected chi connectivity index (χ1v) is 8.53. The van der Waals surface area contributed by atoms with Crippen molar-refractivity contribution in [3.63, 3.8) is 0 Å². The summed E-state index contributed by atoms with van der Waals surface area (Å²) in [6, 6.07) is 25.1. The minimum atomic E-state index is 0.0162. The van der Waals surface area contributed by atoms with E-state index in [1.54, 1.807) is 6.07 Å². The highest BCUT2D eigenvalue weighted by Crippen LogP contribution is 2.28. The van der Waals surface area contributed by atoms with E-state index in [-0.39, 0.29) is 12.4 Å². The topological polar surface area (TPSA) is 35.5 Å². The molecule has 1 aliphatic rings. The second kappa shape index (κ2) is 7.28. The van der Waals surface area contributed by atoms with Gasteiger partial charge in [-0.15, -0.1) is 0 Å². The molecule has 3 aromatic rings. The standard InChI is InChI=1S/C23H18O3/c24-23-19(16-26-22-12-5-4-11-21(22)23)13-18-9-6-10-20(14-18)25-15-17-7-2-1-3-8-17/h1-14H,15-16H2/b19-13+. The molecule has 26 heavy (non-hydrogen) atoms. The molecule has 1 heterocycles. The molecular formula is C23H18O3. The van der Waals surface area contributed by atoms with E-state index < -0.39 is 0 Å². The third-order valence-electron chi connectivity index (χ3n) is 4.25. The van der Waals surface area contributed by atoms with Crippen LogP contribution in [-0.4, -0.2) is 12.4 Å². The Morgan fingerprint density at radius 1 is 0.923 bits per heavy atom. The lowest BCUT2D eigenvalue weighted by atomic mass is 9.98. The number of carbonyl (C=O) groups is 1. The zero-order valence-electron chi connectivity index (χ0n) is 14.2. The van der Waals surface area contributed by atoms with Gasteiger partial charge in [-0.25, -0.2) is 0 Å². The van der Waals surface area contributed by atoms with Crippen LogP contribution in [0.3, 0.4) is 0 Å². The predicted molar refractivity (Wildman–Crippen MR) is 101 cm³/mol. The van der Waals surface area contributed by atoms with Crippen molar-refractivity contribution < 1.29 is 14.3 Å². The molecule has 0 aliphatic carbocycles. The van der Waals surface area contributed by atoms with E-state index >= 15 is 0 Å². The summed E-state index contributed by atoms with van der Waals surface area (Å²) in [7, 11) is 0. The summed E-state index contributed by atoms with van der Waals surface area (Å²) in [6.45, 7) is 0.793. The minimum Gasteiger partial charge on any atom is -0.489 e. The Hall–Kier alpha value is -3.33. The molecule has 0 saturated carbocycles. The molecule has 0 atom stereocenters. The fourth-order valence-electron chi connectivity index (χ4n) is 2.92. The quantitative estimate of drug-likeness (QED) is 0.631. The summed E-state index contributed by atoms with van der Waals surface area (Å²) >= 11 is 0. The summed E-state index contributed by atoms with van der Waals surface area (Å²) in [5, 5.41) is 0. The third kappa shape index (κ3) is 3.52. The maximum Gasteiger partial charge on any atom is 0.196 e. The highest BCUT2D eigenvalue weighted by molar-refractivity contribution is 6.14. The molecule has 0 aromatic heterocycles. The normalized spacial score (nSPS) is 14.6. The van der Waals surface area contributed by atoms with Crippen molar-refractivity contribution in [1.82, 2.24) is 0 Å². The number of hydrogen-bond acceptors (Lipinski definition) is 3. The van der Waals surface area contributed by atoms with Gasteiger partial charge < -0.3 is 9.47 Å². The second-order valence-electron chi connectivity index (χ2n) is 6.13. The zero-order chi connectivity index (χ0) is 17.8. The molecule has 0 spiro atoms. The Balaban J connectivity index is 1.52. The fraction of sp³-hybridized carbons (Fsp3) is 0.0870. The number of para-hydroxylation sites is 1. The number of ether oxygens (including phenoxy) is 2. The Morgan fingerprint density at radius 2 is 1.73 bits per heavy atom. The van der Waals surface area contributed by atoms with Gasteiger partial charge in [0.05, 0.1) is 5.56 Å². The lowest BCUT2D eigenvalue weighted by molar-refractivity contribution is 0.100. The van der Waals surface area contributed by atoms with E-state index in [2.05, 4.69) is 0 Å². The summed E-state index contributed by atoms with van der Waals surface area (Å²) < 4.78 is 11.6. The van der Waals surface area contributed by atoms with Crippen LogP contribution in [0, 0.1) is 0 Å². The van der Waals surface area contributed by atoms with Crippen LogP contribution in [-0.2, 0) is 6.61 Å². The SMILES string of the molecule is O=C1/C(=C/c2cccc(OCc3ccccc3)c2)COc2ccccc21. The highest BCUT2D eigenvalue weighted by Gasteiger charge is 2.22. The number of rotatable bonds is 4. The van der Waals surface area contributed by atoms with Gasteiger partial charge in [-0.2, -0.15) is 0 Å². The number of benzene rings is 3. The smallest absolute Gasteiger partial charge is 0.196 e. The summed E-state index contributed by atoms with van der Waals surface area (Å²) in [4.78, 5) is 12.6. The largest absolute Gasteiger partial charge is 0.489 e. The lowest BCUT2D eigenvalue weighted by Crippen LogP contribution is -2.18. The van der Waals surface area contributed by atoms with Crippen molar-refractivity contribution in [2.45, 2.75) is 6.61 Å². The molecule has 0 radical (unpaired) electrons. The van der Waals surface area contributed by atoms with E-state index in [1.165, 1.54) is 0 Å². The molecule has 0 saturated heterocycles. The van der Waals surface area contributed by atoms with Gasteiger partial charge in [0.15, 0.2) is 5.78 Å². The molecule has 0 bridgehead atoms. The first-order valence-electron chi connectivity index (χ1n) is 8.53. The van der Waals surface area contributed by atoms with Crippen LogP contribution in [0.25, 0.3) is 6.08 Å². The number of carbonyl (C=O) groups excluding carboxylic acids is 1. The molecule has 0 fully saturated rings.